The quantitative estimate of drug-likeness (QED) is 0.389. The molecule has 0 aliphatic carbocycles. The van der Waals surface area contributed by atoms with Gasteiger partial charge in [0.1, 0.15) is 5.01 Å². The van der Waals surface area contributed by atoms with Crippen molar-refractivity contribution in [2.45, 2.75) is 40.2 Å². The van der Waals surface area contributed by atoms with Crippen molar-refractivity contribution in [3.05, 3.63) is 63.4 Å². The Morgan fingerprint density at radius 2 is 1.92 bits per heavy atom. The van der Waals surface area contributed by atoms with E-state index in [0.29, 0.717) is 36.3 Å². The number of anilines is 1. The molecule has 0 saturated carbocycles. The number of aliphatic carboxylic acids is 1. The first-order valence-electron chi connectivity index (χ1n) is 11.8. The summed E-state index contributed by atoms with van der Waals surface area (Å²) >= 11 is 7.19. The highest BCUT2D eigenvalue weighted by atomic mass is 35.5. The fourth-order valence-corrected chi connectivity index (χ4v) is 5.33. The molecule has 1 fully saturated rings. The maximum atomic E-state index is 14.6. The zero-order chi connectivity index (χ0) is 26.0. The minimum absolute atomic E-state index is 0.0949. The lowest BCUT2D eigenvalue weighted by atomic mass is 9.95. The molecule has 7 nitrogen and oxygen atoms in total. The number of carbonyl (C=O) groups is 2. The summed E-state index contributed by atoms with van der Waals surface area (Å²) in [5.41, 5.74) is 4.13. The minimum Gasteiger partial charge on any atom is -0.481 e. The first kappa shape index (κ1) is 26.2. The highest BCUT2D eigenvalue weighted by Crippen LogP contribution is 2.33. The van der Waals surface area contributed by atoms with Crippen LogP contribution in [0.2, 0.25) is 5.02 Å². The molecule has 10 heteroatoms. The lowest BCUT2D eigenvalue weighted by molar-refractivity contribution is -0.147. The third-order valence-electron chi connectivity index (χ3n) is 6.44. The summed E-state index contributed by atoms with van der Waals surface area (Å²) < 4.78 is 14.6. The Labute approximate surface area is 218 Å². The molecule has 0 unspecified atom stereocenters. The van der Waals surface area contributed by atoms with Crippen molar-refractivity contribution in [2.75, 3.05) is 24.5 Å². The number of hydrogen-bond acceptors (Lipinski definition) is 6. The molecule has 4 rings (SSSR count). The number of aryl methyl sites for hydroxylation is 2. The van der Waals surface area contributed by atoms with Crippen LogP contribution < -0.4 is 4.90 Å². The largest absolute Gasteiger partial charge is 0.481 e. The van der Waals surface area contributed by atoms with Crippen molar-refractivity contribution in [3.63, 3.8) is 0 Å². The van der Waals surface area contributed by atoms with Crippen molar-refractivity contribution < 1.29 is 19.1 Å². The van der Waals surface area contributed by atoms with E-state index in [1.165, 1.54) is 33.9 Å². The lowest BCUT2D eigenvalue weighted by Gasteiger charge is -2.37. The molecule has 2 heterocycles. The third kappa shape index (κ3) is 5.43. The summed E-state index contributed by atoms with van der Waals surface area (Å²) in [5.74, 6) is -2.27. The van der Waals surface area contributed by atoms with E-state index in [2.05, 4.69) is 15.1 Å². The van der Waals surface area contributed by atoms with Gasteiger partial charge in [0, 0.05) is 31.7 Å². The van der Waals surface area contributed by atoms with Crippen LogP contribution in [-0.2, 0) is 11.3 Å². The van der Waals surface area contributed by atoms with Crippen LogP contribution in [0, 0.1) is 25.6 Å². The second-order valence-electron chi connectivity index (χ2n) is 9.12. The number of rotatable bonds is 9. The van der Waals surface area contributed by atoms with E-state index >= 15 is 0 Å². The van der Waals surface area contributed by atoms with E-state index in [0.717, 1.165) is 29.5 Å². The van der Waals surface area contributed by atoms with E-state index in [1.54, 1.807) is 6.07 Å². The van der Waals surface area contributed by atoms with Gasteiger partial charge in [-0.25, -0.2) is 4.39 Å². The first-order chi connectivity index (χ1) is 17.2. The molecule has 1 aliphatic heterocycles. The number of nitrogens with zero attached hydrogens (tertiary/aromatic N) is 4. The summed E-state index contributed by atoms with van der Waals surface area (Å²) in [5, 5.41) is 18.7. The zero-order valence-electron chi connectivity index (χ0n) is 20.4. The predicted octanol–water partition coefficient (Wildman–Crippen LogP) is 5.58. The first-order valence-corrected chi connectivity index (χ1v) is 13.0. The maximum Gasteiger partial charge on any atom is 0.309 e. The van der Waals surface area contributed by atoms with Crippen molar-refractivity contribution >= 4 is 39.9 Å². The van der Waals surface area contributed by atoms with Crippen LogP contribution >= 0.6 is 22.9 Å². The third-order valence-corrected chi connectivity index (χ3v) is 7.73. The van der Waals surface area contributed by atoms with Gasteiger partial charge in [0.2, 0.25) is 5.13 Å². The average Bonchev–Trinajstić information content (AvgIpc) is 3.29. The number of unbranched alkanes of at least 4 members (excludes halogenated alkanes) is 1. The van der Waals surface area contributed by atoms with Gasteiger partial charge in [-0.2, -0.15) is 0 Å². The van der Waals surface area contributed by atoms with Crippen LogP contribution in [0.15, 0.2) is 30.3 Å². The molecular weight excluding hydrogens is 503 g/mol. The molecule has 1 aromatic heterocycles. The molecule has 2 aromatic carbocycles. The van der Waals surface area contributed by atoms with Crippen molar-refractivity contribution in [2.24, 2.45) is 5.92 Å². The number of aromatic nitrogens is 2. The second kappa shape index (κ2) is 11.0. The van der Waals surface area contributed by atoms with Gasteiger partial charge in [0.05, 0.1) is 16.5 Å². The number of carbonyl (C=O) groups excluding carboxylic acids is 1. The van der Waals surface area contributed by atoms with Crippen LogP contribution in [0.5, 0.6) is 0 Å². The fourth-order valence-electron chi connectivity index (χ4n) is 4.30. The van der Waals surface area contributed by atoms with Crippen LogP contribution in [-0.4, -0.2) is 51.7 Å². The normalized spacial score (nSPS) is 14.0. The molecule has 36 heavy (non-hydrogen) atoms. The molecule has 3 aromatic rings. The Bertz CT molecular complexity index is 1270. The summed E-state index contributed by atoms with van der Waals surface area (Å²) in [6, 6.07) is 8.46. The van der Waals surface area contributed by atoms with Crippen molar-refractivity contribution in [3.8, 4) is 10.6 Å². The average molecular weight is 531 g/mol. The number of amides is 1. The molecule has 0 atom stereocenters. The Morgan fingerprint density at radius 3 is 2.56 bits per heavy atom. The molecule has 190 valence electrons. The lowest BCUT2D eigenvalue weighted by Crippen LogP contribution is -2.49. The predicted molar refractivity (Wildman–Crippen MR) is 139 cm³/mol. The molecule has 1 aliphatic rings. The van der Waals surface area contributed by atoms with Gasteiger partial charge in [-0.3, -0.25) is 19.4 Å². The van der Waals surface area contributed by atoms with Gasteiger partial charge in [0.25, 0.3) is 5.91 Å². The maximum absolute atomic E-state index is 14.6. The summed E-state index contributed by atoms with van der Waals surface area (Å²) in [4.78, 5) is 27.9. The van der Waals surface area contributed by atoms with Gasteiger partial charge in [0.15, 0.2) is 5.82 Å². The van der Waals surface area contributed by atoms with Gasteiger partial charge in [-0.15, -0.1) is 10.2 Å². The number of carboxylic acids is 1. The topological polar surface area (TPSA) is 86.6 Å². The van der Waals surface area contributed by atoms with Crippen molar-refractivity contribution in [1.29, 1.82) is 0 Å². The van der Waals surface area contributed by atoms with Gasteiger partial charge < -0.3 is 5.11 Å². The van der Waals surface area contributed by atoms with Crippen LogP contribution in [0.25, 0.3) is 10.6 Å². The van der Waals surface area contributed by atoms with Gasteiger partial charge in [-0.05, 0) is 61.2 Å². The fraction of sp³-hybridized carbons (Fsp3) is 0.385. The molecule has 1 amide bonds. The molecule has 1 N–H and O–H groups in total. The standard InChI is InChI=1S/C26H28ClFN4O3S/c1-4-5-9-32(24(33)19-7-6-8-21(27)22(19)28)26-30-29-23(36-26)17-10-15(2)20(16(3)11-17)14-31-12-18(13-31)25(34)35/h6-8,10-11,18H,4-5,9,12-14H2,1-3H3,(H,34,35). The number of likely N-dealkylation sites (tertiary alicyclic amines) is 1. The van der Waals surface area contributed by atoms with Gasteiger partial charge in [-0.1, -0.05) is 42.3 Å². The highest BCUT2D eigenvalue weighted by molar-refractivity contribution is 7.18. The Balaban J connectivity index is 1.57. The Kier molecular flexibility index (Phi) is 8.02. The van der Waals surface area contributed by atoms with E-state index in [-0.39, 0.29) is 16.5 Å². The van der Waals surface area contributed by atoms with E-state index < -0.39 is 17.7 Å². The molecule has 0 bridgehead atoms. The van der Waals surface area contributed by atoms with E-state index in [9.17, 15) is 14.0 Å². The Morgan fingerprint density at radius 1 is 1.22 bits per heavy atom. The van der Waals surface area contributed by atoms with Gasteiger partial charge >= 0.3 is 5.97 Å². The monoisotopic (exact) mass is 530 g/mol. The Hall–Kier alpha value is -2.88. The summed E-state index contributed by atoms with van der Waals surface area (Å²) in [6.07, 6.45) is 1.59. The molecule has 0 spiro atoms. The number of benzene rings is 2. The van der Waals surface area contributed by atoms with Crippen LogP contribution in [0.4, 0.5) is 9.52 Å². The SMILES string of the molecule is CCCCN(C(=O)c1cccc(Cl)c1F)c1nnc(-c2cc(C)c(CN3CC(C(=O)O)C3)c(C)c2)s1. The molecule has 1 saturated heterocycles. The smallest absolute Gasteiger partial charge is 0.309 e. The summed E-state index contributed by atoms with van der Waals surface area (Å²) in [7, 11) is 0. The molecular formula is C26H28ClFN4O3S. The molecule has 0 radical (unpaired) electrons. The summed E-state index contributed by atoms with van der Waals surface area (Å²) in [6.45, 7) is 8.29. The van der Waals surface area contributed by atoms with Crippen molar-refractivity contribution in [1.82, 2.24) is 15.1 Å². The van der Waals surface area contributed by atoms with E-state index in [1.807, 2.05) is 32.9 Å². The van der Waals surface area contributed by atoms with Crippen LogP contribution in [0.3, 0.4) is 0 Å². The van der Waals surface area contributed by atoms with E-state index in [4.69, 9.17) is 16.7 Å². The number of halogens is 2. The number of carboxylic acid groups (broad SMARTS) is 1. The second-order valence-corrected chi connectivity index (χ2v) is 10.5. The van der Waals surface area contributed by atoms with Crippen LogP contribution in [0.1, 0.15) is 46.8 Å². The highest BCUT2D eigenvalue weighted by Gasteiger charge is 2.32. The minimum atomic E-state index is -0.744. The zero-order valence-corrected chi connectivity index (χ0v) is 22.0. The number of hydrogen-bond donors (Lipinski definition) is 1.